The summed E-state index contributed by atoms with van der Waals surface area (Å²) >= 11 is 0. The molecule has 2 aliphatic rings. The molecule has 4 aromatic rings. The van der Waals surface area contributed by atoms with Crippen LogP contribution in [0.1, 0.15) is 29.8 Å². The summed E-state index contributed by atoms with van der Waals surface area (Å²) < 4.78 is 7.67. The number of fused-ring (bicyclic) bond motifs is 1. The van der Waals surface area contributed by atoms with Gasteiger partial charge in [-0.3, -0.25) is 9.69 Å². The lowest BCUT2D eigenvalue weighted by Gasteiger charge is -2.39. The fourth-order valence-electron chi connectivity index (χ4n) is 6.14. The van der Waals surface area contributed by atoms with Gasteiger partial charge in [-0.1, -0.05) is 36.4 Å². The van der Waals surface area contributed by atoms with Gasteiger partial charge in [-0.15, -0.1) is 0 Å². The molecule has 1 aromatic heterocycles. The highest BCUT2D eigenvalue weighted by Gasteiger charge is 2.31. The minimum absolute atomic E-state index is 0.125. The summed E-state index contributed by atoms with van der Waals surface area (Å²) in [6.45, 7) is 8.95. The summed E-state index contributed by atoms with van der Waals surface area (Å²) in [4.78, 5) is 25.4. The maximum atomic E-state index is 13.4. The van der Waals surface area contributed by atoms with Crippen molar-refractivity contribution in [3.63, 3.8) is 0 Å². The number of piperidine rings is 1. The van der Waals surface area contributed by atoms with Crippen LogP contribution in [-0.4, -0.2) is 71.6 Å². The lowest BCUT2D eigenvalue weighted by molar-refractivity contribution is -0.137. The van der Waals surface area contributed by atoms with E-state index < -0.39 is 0 Å². The highest BCUT2D eigenvalue weighted by molar-refractivity contribution is 5.79. The van der Waals surface area contributed by atoms with Crippen molar-refractivity contribution in [3.8, 4) is 5.75 Å². The van der Waals surface area contributed by atoms with E-state index in [1.807, 2.05) is 12.1 Å². The minimum atomic E-state index is 0.125. The van der Waals surface area contributed by atoms with E-state index in [2.05, 4.69) is 86.9 Å². The Morgan fingerprint density at radius 1 is 0.875 bits per heavy atom. The highest BCUT2D eigenvalue weighted by Crippen LogP contribution is 2.25. The Bertz CT molecular complexity index is 1450. The molecular weight excluding hydrogens is 498 g/mol. The summed E-state index contributed by atoms with van der Waals surface area (Å²) in [6, 6.07) is 25.3. The van der Waals surface area contributed by atoms with Crippen molar-refractivity contribution in [2.45, 2.75) is 32.9 Å². The predicted molar refractivity (Wildman–Crippen MR) is 160 cm³/mol. The first-order chi connectivity index (χ1) is 19.6. The van der Waals surface area contributed by atoms with Crippen molar-refractivity contribution in [1.29, 1.82) is 0 Å². The van der Waals surface area contributed by atoms with E-state index in [4.69, 9.17) is 9.72 Å². The van der Waals surface area contributed by atoms with Crippen LogP contribution >= 0.6 is 0 Å². The Balaban J connectivity index is 1.06. The van der Waals surface area contributed by atoms with Crippen molar-refractivity contribution in [2.75, 3.05) is 51.3 Å². The average Bonchev–Trinajstić information content (AvgIpc) is 3.34. The van der Waals surface area contributed by atoms with Crippen LogP contribution in [0.15, 0.2) is 72.8 Å². The van der Waals surface area contributed by atoms with Gasteiger partial charge in [0.2, 0.25) is 5.91 Å². The van der Waals surface area contributed by atoms with E-state index in [1.54, 1.807) is 7.11 Å². The molecule has 7 nitrogen and oxygen atoms in total. The molecule has 0 radical (unpaired) electrons. The van der Waals surface area contributed by atoms with Gasteiger partial charge in [0.05, 0.1) is 24.7 Å². The van der Waals surface area contributed by atoms with E-state index in [0.29, 0.717) is 5.91 Å². The van der Waals surface area contributed by atoms with Crippen LogP contribution < -0.4 is 9.64 Å². The molecule has 40 heavy (non-hydrogen) atoms. The van der Waals surface area contributed by atoms with Crippen LogP contribution in [0.4, 0.5) is 5.69 Å². The lowest BCUT2D eigenvalue weighted by Crippen LogP contribution is -2.51. The zero-order chi connectivity index (χ0) is 27.5. The number of aromatic nitrogens is 2. The fourth-order valence-corrected chi connectivity index (χ4v) is 6.14. The molecule has 3 aromatic carbocycles. The topological polar surface area (TPSA) is 53.8 Å². The Hall–Kier alpha value is -3.84. The zero-order valence-electron chi connectivity index (χ0n) is 23.6. The van der Waals surface area contributed by atoms with Gasteiger partial charge in [0.15, 0.2) is 0 Å². The second-order valence-electron chi connectivity index (χ2n) is 11.2. The van der Waals surface area contributed by atoms with Gasteiger partial charge in [0.25, 0.3) is 0 Å². The third kappa shape index (κ3) is 5.70. The van der Waals surface area contributed by atoms with Crippen LogP contribution in [0, 0.1) is 12.8 Å². The van der Waals surface area contributed by atoms with Crippen LogP contribution in [0.2, 0.25) is 0 Å². The number of anilines is 1. The number of hydrogen-bond donors (Lipinski definition) is 0. The number of hydrogen-bond acceptors (Lipinski definition) is 5. The van der Waals surface area contributed by atoms with Gasteiger partial charge in [-0.2, -0.15) is 0 Å². The lowest BCUT2D eigenvalue weighted by atomic mass is 9.95. The number of rotatable bonds is 7. The minimum Gasteiger partial charge on any atom is -0.497 e. The standard InChI is InChI=1S/C33H39N5O2/c1-25-6-5-7-28(22-25)36-18-20-37(21-19-36)33(39)27-14-16-35(17-15-27)24-32-34-30-8-3-4-9-31(30)38(32)23-26-10-12-29(40-2)13-11-26/h3-13,22,27H,14-21,23-24H2,1-2H3. The summed E-state index contributed by atoms with van der Waals surface area (Å²) in [6.07, 6.45) is 1.82. The normalized spacial score (nSPS) is 16.9. The molecule has 0 spiro atoms. The summed E-state index contributed by atoms with van der Waals surface area (Å²) in [7, 11) is 1.69. The van der Waals surface area contributed by atoms with Crippen LogP contribution in [0.3, 0.4) is 0 Å². The van der Waals surface area contributed by atoms with Gasteiger partial charge in [-0.25, -0.2) is 4.98 Å². The number of ether oxygens (including phenoxy) is 1. The second kappa shape index (κ2) is 11.7. The van der Waals surface area contributed by atoms with E-state index in [1.165, 1.54) is 16.8 Å². The largest absolute Gasteiger partial charge is 0.497 e. The molecule has 3 heterocycles. The maximum absolute atomic E-state index is 13.4. The zero-order valence-corrected chi connectivity index (χ0v) is 23.6. The molecule has 6 rings (SSSR count). The van der Waals surface area contributed by atoms with Crippen molar-refractivity contribution in [1.82, 2.24) is 19.4 Å². The number of nitrogens with zero attached hydrogens (tertiary/aromatic N) is 5. The van der Waals surface area contributed by atoms with Crippen molar-refractivity contribution >= 4 is 22.6 Å². The summed E-state index contributed by atoms with van der Waals surface area (Å²) in [5.74, 6) is 2.41. The smallest absolute Gasteiger partial charge is 0.225 e. The van der Waals surface area contributed by atoms with Gasteiger partial charge < -0.3 is 19.1 Å². The SMILES string of the molecule is COc1ccc(Cn2c(CN3CCC(C(=O)N4CCN(c5cccc(C)c5)CC4)CC3)nc3ccccc32)cc1. The van der Waals surface area contributed by atoms with Crippen molar-refractivity contribution < 1.29 is 9.53 Å². The molecule has 0 aliphatic carbocycles. The van der Waals surface area contributed by atoms with E-state index in [9.17, 15) is 4.79 Å². The monoisotopic (exact) mass is 537 g/mol. The maximum Gasteiger partial charge on any atom is 0.225 e. The summed E-state index contributed by atoms with van der Waals surface area (Å²) in [5.41, 5.74) is 5.94. The van der Waals surface area contributed by atoms with Crippen LogP contribution in [-0.2, 0) is 17.9 Å². The number of benzene rings is 3. The second-order valence-corrected chi connectivity index (χ2v) is 11.2. The molecule has 208 valence electrons. The molecule has 7 heteroatoms. The molecule has 2 aliphatic heterocycles. The number of amides is 1. The number of para-hydroxylation sites is 2. The Kier molecular flexibility index (Phi) is 7.73. The van der Waals surface area contributed by atoms with Gasteiger partial charge in [-0.05, 0) is 80.4 Å². The number of piperazine rings is 1. The van der Waals surface area contributed by atoms with E-state index >= 15 is 0 Å². The number of carbonyl (C=O) groups is 1. The van der Waals surface area contributed by atoms with E-state index in [0.717, 1.165) is 87.8 Å². The quantitative estimate of drug-likeness (QED) is 0.334. The molecular formula is C33H39N5O2. The van der Waals surface area contributed by atoms with E-state index in [-0.39, 0.29) is 5.92 Å². The fraction of sp³-hybridized carbons (Fsp3) is 0.394. The first kappa shape index (κ1) is 26.4. The Morgan fingerprint density at radius 2 is 1.62 bits per heavy atom. The van der Waals surface area contributed by atoms with Gasteiger partial charge in [0, 0.05) is 44.3 Å². The summed E-state index contributed by atoms with van der Waals surface area (Å²) in [5, 5.41) is 0. The first-order valence-corrected chi connectivity index (χ1v) is 14.5. The Labute approximate surface area is 237 Å². The predicted octanol–water partition coefficient (Wildman–Crippen LogP) is 4.96. The van der Waals surface area contributed by atoms with Gasteiger partial charge >= 0.3 is 0 Å². The molecule has 0 bridgehead atoms. The number of imidazole rings is 1. The highest BCUT2D eigenvalue weighted by atomic mass is 16.5. The third-order valence-electron chi connectivity index (χ3n) is 8.49. The molecule has 1 amide bonds. The third-order valence-corrected chi connectivity index (χ3v) is 8.49. The van der Waals surface area contributed by atoms with Crippen LogP contribution in [0.25, 0.3) is 11.0 Å². The van der Waals surface area contributed by atoms with Gasteiger partial charge in [0.1, 0.15) is 11.6 Å². The molecule has 2 fully saturated rings. The Morgan fingerprint density at radius 3 is 2.35 bits per heavy atom. The van der Waals surface area contributed by atoms with Crippen molar-refractivity contribution in [2.24, 2.45) is 5.92 Å². The van der Waals surface area contributed by atoms with Crippen molar-refractivity contribution in [3.05, 3.63) is 89.7 Å². The molecule has 0 saturated carbocycles. The number of likely N-dealkylation sites (tertiary alicyclic amines) is 1. The molecule has 2 saturated heterocycles. The average molecular weight is 538 g/mol. The number of methoxy groups -OCH3 is 1. The molecule has 0 atom stereocenters. The number of aryl methyl sites for hydroxylation is 1. The molecule has 0 unspecified atom stereocenters. The number of carbonyl (C=O) groups excluding carboxylic acids is 1. The first-order valence-electron chi connectivity index (χ1n) is 14.5. The van der Waals surface area contributed by atoms with Crippen LogP contribution in [0.5, 0.6) is 5.75 Å². The molecule has 0 N–H and O–H groups in total.